The highest BCUT2D eigenvalue weighted by Crippen LogP contribution is 2.18. The number of hydrogen-bond donors (Lipinski definition) is 0. The van der Waals surface area contributed by atoms with Gasteiger partial charge in [0.05, 0.1) is 25.7 Å². The van der Waals surface area contributed by atoms with E-state index in [4.69, 9.17) is 4.74 Å². The number of ether oxygens (including phenoxy) is 1. The van der Waals surface area contributed by atoms with Gasteiger partial charge in [-0.3, -0.25) is 4.99 Å². The summed E-state index contributed by atoms with van der Waals surface area (Å²) in [5, 5.41) is 0. The largest absolute Gasteiger partial charge is 0.496 e. The summed E-state index contributed by atoms with van der Waals surface area (Å²) in [7, 11) is 3.66. The highest BCUT2D eigenvalue weighted by molar-refractivity contribution is 5.97. The molecule has 1 aromatic carbocycles. The molecule has 0 fully saturated rings. The van der Waals surface area contributed by atoms with Crippen molar-refractivity contribution < 1.29 is 4.74 Å². The van der Waals surface area contributed by atoms with E-state index in [0.717, 1.165) is 28.4 Å². The van der Waals surface area contributed by atoms with Gasteiger partial charge in [-0.15, -0.1) is 0 Å². The first-order valence-electron chi connectivity index (χ1n) is 6.24. The summed E-state index contributed by atoms with van der Waals surface area (Å²) < 4.78 is 7.32. The summed E-state index contributed by atoms with van der Waals surface area (Å²) in [6.07, 6.45) is 1.81. The summed E-state index contributed by atoms with van der Waals surface area (Å²) in [5.74, 6) is 0.872. The third-order valence-corrected chi connectivity index (χ3v) is 3.25. The molecule has 0 aliphatic rings. The Morgan fingerprint density at radius 1 is 1.37 bits per heavy atom. The van der Waals surface area contributed by atoms with Crippen LogP contribution in [0.15, 0.2) is 35.6 Å². The van der Waals surface area contributed by atoms with Gasteiger partial charge in [0, 0.05) is 18.3 Å². The summed E-state index contributed by atoms with van der Waals surface area (Å²) >= 11 is 0. The lowest BCUT2D eigenvalue weighted by molar-refractivity contribution is 0.410. The van der Waals surface area contributed by atoms with Crippen LogP contribution in [0.1, 0.15) is 23.9 Å². The molecule has 2 aromatic rings. The van der Waals surface area contributed by atoms with Crippen LogP contribution in [-0.4, -0.2) is 22.4 Å². The summed E-state index contributed by atoms with van der Waals surface area (Å²) in [6.45, 7) is 4.64. The van der Waals surface area contributed by atoms with E-state index in [1.165, 1.54) is 0 Å². The fourth-order valence-corrected chi connectivity index (χ4v) is 1.96. The van der Waals surface area contributed by atoms with Crippen molar-refractivity contribution in [3.05, 3.63) is 47.5 Å². The Hall–Kier alpha value is -2.10. The number of hydrogen-bond acceptors (Lipinski definition) is 3. The molecule has 0 radical (unpaired) electrons. The lowest BCUT2D eigenvalue weighted by atomic mass is 10.2. The highest BCUT2D eigenvalue weighted by atomic mass is 16.5. The number of para-hydroxylation sites is 1. The van der Waals surface area contributed by atoms with Crippen molar-refractivity contribution in [2.45, 2.75) is 20.4 Å². The third-order valence-electron chi connectivity index (χ3n) is 3.25. The second-order valence-corrected chi connectivity index (χ2v) is 4.50. The predicted molar refractivity (Wildman–Crippen MR) is 76.9 cm³/mol. The second-order valence-electron chi connectivity index (χ2n) is 4.50. The molecule has 0 saturated carbocycles. The topological polar surface area (TPSA) is 39.4 Å². The van der Waals surface area contributed by atoms with Crippen molar-refractivity contribution in [2.75, 3.05) is 7.11 Å². The number of imidazole rings is 1. The molecule has 1 aromatic heterocycles. The number of aryl methyl sites for hydroxylation is 1. The standard InChI is InChI=1S/C15H19N3O/c1-11(15-12(2)18(3)10-17-15)16-9-13-7-5-6-8-14(13)19-4/h5-8,10H,9H2,1-4H3. The van der Waals surface area contributed by atoms with Crippen molar-refractivity contribution in [1.29, 1.82) is 0 Å². The average molecular weight is 257 g/mol. The van der Waals surface area contributed by atoms with E-state index in [1.54, 1.807) is 7.11 Å². The first kappa shape index (κ1) is 13.3. The molecule has 1 heterocycles. The molecule has 0 atom stereocenters. The molecule has 4 heteroatoms. The average Bonchev–Trinajstić information content (AvgIpc) is 2.77. The summed E-state index contributed by atoms with van der Waals surface area (Å²) in [6, 6.07) is 7.93. The van der Waals surface area contributed by atoms with Crippen LogP contribution in [0.5, 0.6) is 5.75 Å². The van der Waals surface area contributed by atoms with Crippen LogP contribution in [0.2, 0.25) is 0 Å². The minimum Gasteiger partial charge on any atom is -0.496 e. The van der Waals surface area contributed by atoms with Crippen molar-refractivity contribution in [3.8, 4) is 5.75 Å². The van der Waals surface area contributed by atoms with Gasteiger partial charge in [0.15, 0.2) is 0 Å². The molecule has 0 bridgehead atoms. The van der Waals surface area contributed by atoms with Crippen molar-refractivity contribution in [3.63, 3.8) is 0 Å². The van der Waals surface area contributed by atoms with E-state index in [0.29, 0.717) is 6.54 Å². The van der Waals surface area contributed by atoms with Crippen molar-refractivity contribution >= 4 is 5.71 Å². The zero-order valence-electron chi connectivity index (χ0n) is 11.8. The fraction of sp³-hybridized carbons (Fsp3) is 0.333. The van der Waals surface area contributed by atoms with E-state index in [2.05, 4.69) is 9.98 Å². The van der Waals surface area contributed by atoms with Crippen LogP contribution < -0.4 is 4.74 Å². The number of aromatic nitrogens is 2. The van der Waals surface area contributed by atoms with Gasteiger partial charge < -0.3 is 9.30 Å². The Balaban J connectivity index is 2.21. The van der Waals surface area contributed by atoms with Crippen LogP contribution in [0.3, 0.4) is 0 Å². The minimum absolute atomic E-state index is 0.603. The van der Waals surface area contributed by atoms with Gasteiger partial charge in [0.1, 0.15) is 11.4 Å². The summed E-state index contributed by atoms with van der Waals surface area (Å²) in [4.78, 5) is 8.98. The number of aliphatic imine (C=N–C) groups is 1. The maximum Gasteiger partial charge on any atom is 0.123 e. The minimum atomic E-state index is 0.603. The Morgan fingerprint density at radius 2 is 2.11 bits per heavy atom. The zero-order chi connectivity index (χ0) is 13.8. The molecule has 19 heavy (non-hydrogen) atoms. The van der Waals surface area contributed by atoms with E-state index < -0.39 is 0 Å². The highest BCUT2D eigenvalue weighted by Gasteiger charge is 2.07. The molecular formula is C15H19N3O. The third kappa shape index (κ3) is 2.84. The lowest BCUT2D eigenvalue weighted by Gasteiger charge is -2.06. The first-order chi connectivity index (χ1) is 9.13. The number of benzene rings is 1. The number of nitrogens with zero attached hydrogens (tertiary/aromatic N) is 3. The van der Waals surface area contributed by atoms with Gasteiger partial charge >= 0.3 is 0 Å². The van der Waals surface area contributed by atoms with E-state index in [9.17, 15) is 0 Å². The normalized spacial score (nSPS) is 11.7. The Morgan fingerprint density at radius 3 is 2.74 bits per heavy atom. The Kier molecular flexibility index (Phi) is 4.00. The molecule has 0 spiro atoms. The molecule has 0 amide bonds. The molecular weight excluding hydrogens is 238 g/mol. The lowest BCUT2D eigenvalue weighted by Crippen LogP contribution is -2.01. The molecule has 0 aliphatic heterocycles. The monoisotopic (exact) mass is 257 g/mol. The van der Waals surface area contributed by atoms with Crippen LogP contribution in [0.25, 0.3) is 0 Å². The van der Waals surface area contributed by atoms with Crippen molar-refractivity contribution in [1.82, 2.24) is 9.55 Å². The second kappa shape index (κ2) is 5.69. The van der Waals surface area contributed by atoms with Gasteiger partial charge in [-0.2, -0.15) is 0 Å². The Labute approximate surface area is 113 Å². The quantitative estimate of drug-likeness (QED) is 0.790. The molecule has 4 nitrogen and oxygen atoms in total. The fourth-order valence-electron chi connectivity index (χ4n) is 1.96. The van der Waals surface area contributed by atoms with Gasteiger partial charge in [-0.05, 0) is 19.9 Å². The van der Waals surface area contributed by atoms with Gasteiger partial charge in [-0.1, -0.05) is 18.2 Å². The van der Waals surface area contributed by atoms with Crippen LogP contribution in [0, 0.1) is 6.92 Å². The van der Waals surface area contributed by atoms with Crippen LogP contribution >= 0.6 is 0 Å². The molecule has 0 saturated heterocycles. The number of rotatable bonds is 4. The van der Waals surface area contributed by atoms with Crippen LogP contribution in [-0.2, 0) is 13.6 Å². The van der Waals surface area contributed by atoms with Gasteiger partial charge in [0.25, 0.3) is 0 Å². The van der Waals surface area contributed by atoms with Gasteiger partial charge in [-0.25, -0.2) is 4.98 Å². The molecule has 100 valence electrons. The predicted octanol–water partition coefficient (Wildman–Crippen LogP) is 2.75. The SMILES string of the molecule is COc1ccccc1CN=C(C)c1ncn(C)c1C. The smallest absolute Gasteiger partial charge is 0.123 e. The van der Waals surface area contributed by atoms with Crippen molar-refractivity contribution in [2.24, 2.45) is 12.0 Å². The first-order valence-corrected chi connectivity index (χ1v) is 6.24. The van der Waals surface area contributed by atoms with E-state index in [1.807, 2.05) is 56.1 Å². The molecule has 0 N–H and O–H groups in total. The molecule has 0 aliphatic carbocycles. The number of methoxy groups -OCH3 is 1. The summed E-state index contributed by atoms with van der Waals surface area (Å²) in [5.41, 5.74) is 4.11. The maximum atomic E-state index is 5.32. The van der Waals surface area contributed by atoms with E-state index in [-0.39, 0.29) is 0 Å². The maximum absolute atomic E-state index is 5.32. The van der Waals surface area contributed by atoms with E-state index >= 15 is 0 Å². The van der Waals surface area contributed by atoms with Crippen LogP contribution in [0.4, 0.5) is 0 Å². The zero-order valence-corrected chi connectivity index (χ0v) is 11.8. The molecule has 0 unspecified atom stereocenters. The van der Waals surface area contributed by atoms with Gasteiger partial charge in [0.2, 0.25) is 0 Å². The molecule has 2 rings (SSSR count). The Bertz CT molecular complexity index is 599.